The minimum Gasteiger partial charge on any atom is -0.466 e. The van der Waals surface area contributed by atoms with Gasteiger partial charge in [-0.05, 0) is 44.7 Å². The van der Waals surface area contributed by atoms with Gasteiger partial charge in [0.15, 0.2) is 0 Å². The van der Waals surface area contributed by atoms with Gasteiger partial charge in [-0.25, -0.2) is 4.79 Å². The number of hydrogen-bond donors (Lipinski definition) is 0. The van der Waals surface area contributed by atoms with Gasteiger partial charge in [-0.1, -0.05) is 23.7 Å². The van der Waals surface area contributed by atoms with Crippen molar-refractivity contribution in [2.45, 2.75) is 38.2 Å². The predicted molar refractivity (Wildman–Crippen MR) is 86.6 cm³/mol. The van der Waals surface area contributed by atoms with Crippen molar-refractivity contribution in [1.82, 2.24) is 0 Å². The fourth-order valence-corrected chi connectivity index (χ4v) is 3.62. The van der Waals surface area contributed by atoms with Crippen LogP contribution in [0, 0.1) is 5.92 Å². The van der Waals surface area contributed by atoms with Crippen LogP contribution in [0.4, 0.5) is 10.5 Å². The fourth-order valence-electron chi connectivity index (χ4n) is 3.38. The van der Waals surface area contributed by atoms with Gasteiger partial charge >= 0.3 is 12.1 Å². The third kappa shape index (κ3) is 3.15. The Morgan fingerprint density at radius 2 is 2.09 bits per heavy atom. The number of anilines is 1. The number of hydrogen-bond acceptors (Lipinski definition) is 4. The van der Waals surface area contributed by atoms with Gasteiger partial charge < -0.3 is 9.47 Å². The zero-order chi connectivity index (χ0) is 16.4. The van der Waals surface area contributed by atoms with Gasteiger partial charge in [0.25, 0.3) is 0 Å². The molecule has 0 N–H and O–H groups in total. The quantitative estimate of drug-likeness (QED) is 0.787. The largest absolute Gasteiger partial charge is 0.466 e. The van der Waals surface area contributed by atoms with Crippen molar-refractivity contribution >= 4 is 29.4 Å². The number of carbonyl (C=O) groups excluding carboxylic acids is 2. The molecule has 1 aromatic carbocycles. The van der Waals surface area contributed by atoms with Gasteiger partial charge in [0.05, 0.1) is 29.8 Å². The first-order valence-corrected chi connectivity index (χ1v) is 8.34. The van der Waals surface area contributed by atoms with E-state index in [1.807, 2.05) is 25.1 Å². The lowest BCUT2D eigenvalue weighted by atomic mass is 9.78. The number of halogens is 1. The molecule has 3 rings (SSSR count). The summed E-state index contributed by atoms with van der Waals surface area (Å²) in [6, 6.07) is 7.24. The van der Waals surface area contributed by atoms with Gasteiger partial charge in [0.1, 0.15) is 5.60 Å². The summed E-state index contributed by atoms with van der Waals surface area (Å²) in [5.74, 6) is -0.233. The molecule has 1 amide bonds. The maximum Gasteiger partial charge on any atom is 0.415 e. The lowest BCUT2D eigenvalue weighted by molar-refractivity contribution is -0.150. The molecule has 1 spiro atoms. The normalized spacial score (nSPS) is 27.1. The predicted octanol–water partition coefficient (Wildman–Crippen LogP) is 3.79. The van der Waals surface area contributed by atoms with Gasteiger partial charge in [0, 0.05) is 0 Å². The summed E-state index contributed by atoms with van der Waals surface area (Å²) in [7, 11) is 0. The van der Waals surface area contributed by atoms with Crippen molar-refractivity contribution in [3.63, 3.8) is 0 Å². The van der Waals surface area contributed by atoms with Crippen LogP contribution in [0.5, 0.6) is 0 Å². The molecule has 1 saturated carbocycles. The Bertz CT molecular complexity index is 610. The Kier molecular flexibility index (Phi) is 4.48. The molecule has 2 fully saturated rings. The zero-order valence-electron chi connectivity index (χ0n) is 13.1. The SMILES string of the molecule is CCOC(=O)C1CCC2(CC1)CN(c1ccccc1Cl)C(=O)O2. The van der Waals surface area contributed by atoms with Crippen LogP contribution in [-0.2, 0) is 14.3 Å². The van der Waals surface area contributed by atoms with E-state index in [-0.39, 0.29) is 18.0 Å². The van der Waals surface area contributed by atoms with Crippen LogP contribution >= 0.6 is 11.6 Å². The molecule has 0 atom stereocenters. The Morgan fingerprint density at radius 3 is 2.74 bits per heavy atom. The molecule has 0 radical (unpaired) electrons. The van der Waals surface area contributed by atoms with Crippen molar-refractivity contribution < 1.29 is 19.1 Å². The first-order valence-electron chi connectivity index (χ1n) is 7.96. The minimum absolute atomic E-state index is 0.0892. The standard InChI is InChI=1S/C17H20ClNO4/c1-2-22-15(20)12-7-9-17(10-8-12)11-19(16(21)23-17)14-6-4-3-5-13(14)18/h3-6,12H,2,7-11H2,1H3. The number of rotatable bonds is 3. The van der Waals surface area contributed by atoms with E-state index in [9.17, 15) is 9.59 Å². The maximum atomic E-state index is 12.3. The number of para-hydroxylation sites is 1. The van der Waals surface area contributed by atoms with Crippen LogP contribution in [0.2, 0.25) is 5.02 Å². The first-order chi connectivity index (χ1) is 11.0. The number of esters is 1. The second-order valence-electron chi connectivity index (χ2n) is 6.11. The highest BCUT2D eigenvalue weighted by Crippen LogP contribution is 2.42. The molecule has 1 heterocycles. The van der Waals surface area contributed by atoms with Crippen molar-refractivity contribution in [2.75, 3.05) is 18.1 Å². The van der Waals surface area contributed by atoms with E-state index in [0.717, 1.165) is 0 Å². The molecule has 2 aliphatic rings. The number of carbonyl (C=O) groups is 2. The summed E-state index contributed by atoms with van der Waals surface area (Å²) >= 11 is 6.19. The third-order valence-corrected chi connectivity index (χ3v) is 4.95. The second-order valence-corrected chi connectivity index (χ2v) is 6.52. The van der Waals surface area contributed by atoms with Crippen molar-refractivity contribution in [3.05, 3.63) is 29.3 Å². The Morgan fingerprint density at radius 1 is 1.39 bits per heavy atom. The van der Waals surface area contributed by atoms with E-state index < -0.39 is 5.60 Å². The van der Waals surface area contributed by atoms with Crippen LogP contribution < -0.4 is 4.90 Å². The lowest BCUT2D eigenvalue weighted by Crippen LogP contribution is -2.40. The van der Waals surface area contributed by atoms with Crippen molar-refractivity contribution in [3.8, 4) is 0 Å². The molecule has 23 heavy (non-hydrogen) atoms. The smallest absolute Gasteiger partial charge is 0.415 e. The molecule has 1 aliphatic carbocycles. The third-order valence-electron chi connectivity index (χ3n) is 4.63. The van der Waals surface area contributed by atoms with Crippen LogP contribution in [0.1, 0.15) is 32.6 Å². The maximum absolute atomic E-state index is 12.3. The van der Waals surface area contributed by atoms with E-state index >= 15 is 0 Å². The average Bonchev–Trinajstić information content (AvgIpc) is 2.85. The molecule has 0 bridgehead atoms. The van der Waals surface area contributed by atoms with Gasteiger partial charge in [-0.3, -0.25) is 9.69 Å². The molecule has 0 aromatic heterocycles. The number of amides is 1. The van der Waals surface area contributed by atoms with Gasteiger partial charge in [-0.2, -0.15) is 0 Å². The first kappa shape index (κ1) is 16.1. The van der Waals surface area contributed by atoms with E-state index in [1.54, 1.807) is 11.0 Å². The molecule has 0 unspecified atom stereocenters. The highest BCUT2D eigenvalue weighted by molar-refractivity contribution is 6.33. The fraction of sp³-hybridized carbons (Fsp3) is 0.529. The minimum atomic E-state index is -0.515. The molecule has 5 nitrogen and oxygen atoms in total. The van der Waals surface area contributed by atoms with Crippen LogP contribution in [0.15, 0.2) is 24.3 Å². The highest BCUT2D eigenvalue weighted by atomic mass is 35.5. The van der Waals surface area contributed by atoms with Crippen LogP contribution in [-0.4, -0.2) is 30.8 Å². The topological polar surface area (TPSA) is 55.8 Å². The second kappa shape index (κ2) is 6.40. The monoisotopic (exact) mass is 337 g/mol. The van der Waals surface area contributed by atoms with E-state index in [2.05, 4.69) is 0 Å². The van der Waals surface area contributed by atoms with E-state index in [1.165, 1.54) is 0 Å². The zero-order valence-corrected chi connectivity index (χ0v) is 13.8. The average molecular weight is 338 g/mol. The van der Waals surface area contributed by atoms with Crippen LogP contribution in [0.3, 0.4) is 0 Å². The summed E-state index contributed by atoms with van der Waals surface area (Å²) in [4.78, 5) is 25.7. The Hall–Kier alpha value is -1.75. The van der Waals surface area contributed by atoms with Crippen LogP contribution in [0.25, 0.3) is 0 Å². The molecule has 1 saturated heterocycles. The lowest BCUT2D eigenvalue weighted by Gasteiger charge is -2.34. The summed E-state index contributed by atoms with van der Waals surface area (Å²) in [5.41, 5.74) is 0.155. The summed E-state index contributed by atoms with van der Waals surface area (Å²) in [6.45, 7) is 2.68. The summed E-state index contributed by atoms with van der Waals surface area (Å²) < 4.78 is 10.8. The number of nitrogens with zero attached hydrogens (tertiary/aromatic N) is 1. The van der Waals surface area contributed by atoms with Crippen molar-refractivity contribution in [1.29, 1.82) is 0 Å². The molecular weight excluding hydrogens is 318 g/mol. The summed E-state index contributed by atoms with van der Waals surface area (Å²) in [6.07, 6.45) is 2.34. The molecule has 6 heteroatoms. The van der Waals surface area contributed by atoms with Crippen molar-refractivity contribution in [2.24, 2.45) is 5.92 Å². The van der Waals surface area contributed by atoms with E-state index in [4.69, 9.17) is 21.1 Å². The summed E-state index contributed by atoms with van der Waals surface area (Å²) in [5, 5.41) is 0.529. The molecular formula is C17H20ClNO4. The molecule has 124 valence electrons. The molecule has 1 aliphatic heterocycles. The Labute approximate surface area is 140 Å². The van der Waals surface area contributed by atoms with Gasteiger partial charge in [0.2, 0.25) is 0 Å². The Balaban J connectivity index is 1.69. The van der Waals surface area contributed by atoms with E-state index in [0.29, 0.717) is 49.5 Å². The molecule has 1 aromatic rings. The number of benzene rings is 1. The number of ether oxygens (including phenoxy) is 2. The van der Waals surface area contributed by atoms with Gasteiger partial charge in [-0.15, -0.1) is 0 Å². The highest BCUT2D eigenvalue weighted by Gasteiger charge is 2.49.